The van der Waals surface area contributed by atoms with Gasteiger partial charge in [-0.3, -0.25) is 4.79 Å². The van der Waals surface area contributed by atoms with Crippen molar-refractivity contribution in [2.75, 3.05) is 85.9 Å². The fourth-order valence-electron chi connectivity index (χ4n) is 8.09. The number of hydrogen-bond donors (Lipinski definition) is 2. The lowest BCUT2D eigenvalue weighted by Gasteiger charge is -2.28. The van der Waals surface area contributed by atoms with E-state index in [4.69, 9.17) is 52.9 Å². The quantitative estimate of drug-likeness (QED) is 0.0262. The molecule has 0 saturated carbocycles. The Morgan fingerprint density at radius 3 is 1.28 bits per heavy atom. The molecule has 0 aromatic carbocycles. The molecule has 13 nitrogen and oxygen atoms in total. The van der Waals surface area contributed by atoms with E-state index in [1.165, 1.54) is 83.5 Å². The summed E-state index contributed by atoms with van der Waals surface area (Å²) >= 11 is 11.1. The molecule has 2 fully saturated rings. The molecule has 0 radical (unpaired) electrons. The zero-order valence-electron chi connectivity index (χ0n) is 40.3. The first kappa shape index (κ1) is 57.8. The fraction of sp³-hybridized carbons (Fsp3) is 0.898. The summed E-state index contributed by atoms with van der Waals surface area (Å²) in [4.78, 5) is 44.7. The van der Waals surface area contributed by atoms with Crippen LogP contribution in [0.5, 0.6) is 0 Å². The predicted octanol–water partition coefficient (Wildman–Crippen LogP) is 9.36. The van der Waals surface area contributed by atoms with Gasteiger partial charge in [-0.05, 0) is 134 Å². The largest absolute Gasteiger partial charge is 0.466 e. The zero-order valence-corrected chi connectivity index (χ0v) is 42.0. The molecule has 372 valence electrons. The van der Waals surface area contributed by atoms with Gasteiger partial charge in [0.15, 0.2) is 0 Å². The monoisotopic (exact) mass is 943 g/mol. The van der Waals surface area contributed by atoms with Crippen LogP contribution in [0.4, 0.5) is 0 Å². The van der Waals surface area contributed by atoms with Gasteiger partial charge >= 0.3 is 17.9 Å². The number of nitrogens with zero attached hydrogens (tertiary/aromatic N) is 2. The van der Waals surface area contributed by atoms with Gasteiger partial charge in [0.05, 0.1) is 19.8 Å². The Hall–Kier alpha value is -2.33. The molecule has 2 saturated heterocycles. The second-order valence-electron chi connectivity index (χ2n) is 17.7. The van der Waals surface area contributed by atoms with Gasteiger partial charge in [-0.25, -0.2) is 9.59 Å². The van der Waals surface area contributed by atoms with Crippen molar-refractivity contribution in [3.8, 4) is 0 Å². The van der Waals surface area contributed by atoms with Crippen molar-refractivity contribution in [3.63, 3.8) is 0 Å². The number of piperidine rings is 2. The number of likely N-dealkylation sites (tertiary alicyclic amines) is 2. The first-order chi connectivity index (χ1) is 31.3. The molecular formula is C49H90N4O9S2. The molecule has 15 heteroatoms. The van der Waals surface area contributed by atoms with Crippen molar-refractivity contribution >= 4 is 52.7 Å². The second-order valence-corrected chi connectivity index (χ2v) is 18.4. The smallest absolute Gasteiger partial charge is 0.352 e. The van der Waals surface area contributed by atoms with Gasteiger partial charge in [0.2, 0.25) is 12.2 Å². The molecule has 2 atom stereocenters. The average molecular weight is 943 g/mol. The lowest BCUT2D eigenvalue weighted by molar-refractivity contribution is -0.170. The molecule has 2 aliphatic heterocycles. The molecule has 0 bridgehead atoms. The summed E-state index contributed by atoms with van der Waals surface area (Å²) in [7, 11) is 1.70. The molecule has 0 aromatic heterocycles. The molecule has 2 heterocycles. The molecule has 2 rings (SSSR count). The summed E-state index contributed by atoms with van der Waals surface area (Å²) in [5, 5.41) is 6.19. The standard InChI is InChI=1S/C49H90N4O9S2/c1-3-4-5-6-7-8-9-12-19-30-43(54)58-40-25-14-11-16-27-42-60-47(56)45(62-49(64)51-32-29-38-53-35-22-18-23-36-53)44(46(55)59-41-26-15-10-13-24-39-57-2)61-48(63)50-31-28-37-52-33-20-17-21-34-52/h44-45H,3-42H2,1-2H3,(H,50,63)(H,51,64). The highest BCUT2D eigenvalue weighted by Crippen LogP contribution is 2.16. The van der Waals surface area contributed by atoms with E-state index in [9.17, 15) is 14.4 Å². The van der Waals surface area contributed by atoms with Gasteiger partial charge in [0.1, 0.15) is 0 Å². The van der Waals surface area contributed by atoms with E-state index in [1.54, 1.807) is 7.11 Å². The maximum atomic E-state index is 13.8. The van der Waals surface area contributed by atoms with E-state index in [-0.39, 0.29) is 29.5 Å². The molecule has 2 N–H and O–H groups in total. The van der Waals surface area contributed by atoms with Crippen LogP contribution < -0.4 is 10.6 Å². The van der Waals surface area contributed by atoms with Gasteiger partial charge in [0, 0.05) is 33.2 Å². The third kappa shape index (κ3) is 31.6. The van der Waals surface area contributed by atoms with Crippen LogP contribution in [-0.2, 0) is 42.8 Å². The van der Waals surface area contributed by atoms with Crippen LogP contribution in [0.15, 0.2) is 0 Å². The van der Waals surface area contributed by atoms with Crippen molar-refractivity contribution in [1.29, 1.82) is 0 Å². The summed E-state index contributed by atoms with van der Waals surface area (Å²) in [6, 6.07) is 0. The topological polar surface area (TPSA) is 137 Å². The van der Waals surface area contributed by atoms with Crippen molar-refractivity contribution in [2.45, 2.75) is 199 Å². The Morgan fingerprint density at radius 1 is 0.484 bits per heavy atom. The minimum Gasteiger partial charge on any atom is -0.466 e. The van der Waals surface area contributed by atoms with Crippen molar-refractivity contribution in [3.05, 3.63) is 0 Å². The third-order valence-electron chi connectivity index (χ3n) is 12.0. The van der Waals surface area contributed by atoms with Gasteiger partial charge in [-0.1, -0.05) is 110 Å². The zero-order chi connectivity index (χ0) is 46.1. The first-order valence-corrected chi connectivity index (χ1v) is 26.5. The highest BCUT2D eigenvalue weighted by molar-refractivity contribution is 7.80. The van der Waals surface area contributed by atoms with E-state index in [0.717, 1.165) is 123 Å². The summed E-state index contributed by atoms with van der Waals surface area (Å²) in [6.45, 7) is 11.1. The minimum absolute atomic E-state index is 0.0188. The Kier molecular flexibility index (Phi) is 36.9. The van der Waals surface area contributed by atoms with Crippen molar-refractivity contribution in [2.24, 2.45) is 0 Å². The van der Waals surface area contributed by atoms with E-state index in [2.05, 4.69) is 27.4 Å². The molecule has 0 aliphatic carbocycles. The van der Waals surface area contributed by atoms with E-state index >= 15 is 0 Å². The van der Waals surface area contributed by atoms with Gasteiger partial charge in [0.25, 0.3) is 10.3 Å². The number of thiocarbonyl (C=S) groups is 2. The van der Waals surface area contributed by atoms with Crippen molar-refractivity contribution < 1.29 is 42.8 Å². The lowest BCUT2D eigenvalue weighted by Crippen LogP contribution is -2.50. The van der Waals surface area contributed by atoms with Crippen LogP contribution in [0.1, 0.15) is 187 Å². The molecule has 0 aromatic rings. The number of ether oxygens (including phenoxy) is 6. The maximum absolute atomic E-state index is 13.8. The summed E-state index contributed by atoms with van der Waals surface area (Å²) in [6.07, 6.45) is 26.1. The van der Waals surface area contributed by atoms with Crippen LogP contribution in [0, 0.1) is 0 Å². The number of unbranched alkanes of at least 4 members (excludes halogenated alkanes) is 16. The van der Waals surface area contributed by atoms with Gasteiger partial charge < -0.3 is 48.9 Å². The predicted molar refractivity (Wildman–Crippen MR) is 264 cm³/mol. The fourth-order valence-corrected chi connectivity index (χ4v) is 8.51. The maximum Gasteiger partial charge on any atom is 0.352 e. The lowest BCUT2D eigenvalue weighted by atomic mass is 10.1. The first-order valence-electron chi connectivity index (χ1n) is 25.7. The Morgan fingerprint density at radius 2 is 0.859 bits per heavy atom. The van der Waals surface area contributed by atoms with Gasteiger partial charge in [-0.2, -0.15) is 0 Å². The molecular weight excluding hydrogens is 853 g/mol. The van der Waals surface area contributed by atoms with Crippen LogP contribution in [-0.4, -0.2) is 136 Å². The highest BCUT2D eigenvalue weighted by Gasteiger charge is 2.42. The molecule has 64 heavy (non-hydrogen) atoms. The van der Waals surface area contributed by atoms with Crippen LogP contribution in [0.2, 0.25) is 0 Å². The minimum atomic E-state index is -1.54. The van der Waals surface area contributed by atoms with E-state index < -0.39 is 24.1 Å². The molecule has 2 aliphatic rings. The van der Waals surface area contributed by atoms with Crippen LogP contribution in [0.25, 0.3) is 0 Å². The Bertz CT molecular complexity index is 1210. The number of methoxy groups -OCH3 is 1. The molecule has 2 unspecified atom stereocenters. The van der Waals surface area contributed by atoms with Crippen LogP contribution >= 0.6 is 24.4 Å². The molecule has 0 amide bonds. The number of carbonyl (C=O) groups is 3. The van der Waals surface area contributed by atoms with Crippen molar-refractivity contribution in [1.82, 2.24) is 20.4 Å². The SMILES string of the molecule is CCCCCCCCCCCC(=O)OCCCCCCCOC(=O)C(OC(=S)NCCCN1CCCCC1)C(OC(=S)NCCCN1CCCCC1)C(=O)OCCCCCCCOC. The van der Waals surface area contributed by atoms with E-state index in [1.807, 2.05) is 0 Å². The van der Waals surface area contributed by atoms with Gasteiger partial charge in [-0.15, -0.1) is 0 Å². The summed E-state index contributed by atoms with van der Waals surface area (Å²) in [5.74, 6) is -1.65. The Balaban J connectivity index is 1.89. The summed E-state index contributed by atoms with van der Waals surface area (Å²) < 4.78 is 34.1. The number of carbonyl (C=O) groups excluding carboxylic acids is 3. The third-order valence-corrected chi connectivity index (χ3v) is 12.4. The number of hydrogen-bond acceptors (Lipinski definition) is 13. The number of nitrogens with one attached hydrogen (secondary N) is 2. The number of esters is 3. The average Bonchev–Trinajstić information content (AvgIpc) is 3.30. The highest BCUT2D eigenvalue weighted by atomic mass is 32.1. The number of rotatable bonds is 39. The second kappa shape index (κ2) is 40.9. The Labute approximate surface area is 399 Å². The molecule has 0 spiro atoms. The normalized spacial score (nSPS) is 15.5. The van der Waals surface area contributed by atoms with Crippen LogP contribution in [0.3, 0.4) is 0 Å². The van der Waals surface area contributed by atoms with E-state index in [0.29, 0.717) is 39.0 Å². The summed E-state index contributed by atoms with van der Waals surface area (Å²) in [5.41, 5.74) is 0.